The molecule has 3 aromatic carbocycles. The quantitative estimate of drug-likeness (QED) is 0.230. The van der Waals surface area contributed by atoms with Crippen LogP contribution in [0.5, 0.6) is 0 Å². The monoisotopic (exact) mass is 370 g/mol. The van der Waals surface area contributed by atoms with Crippen molar-refractivity contribution in [3.05, 3.63) is 101 Å². The second kappa shape index (κ2) is 7.36. The Balaban J connectivity index is 1.57. The predicted octanol–water partition coefficient (Wildman–Crippen LogP) is 3.98. The van der Waals surface area contributed by atoms with E-state index in [-0.39, 0.29) is 18.0 Å². The Hall–Kier alpha value is -3.93. The van der Waals surface area contributed by atoms with Crippen LogP contribution in [-0.4, -0.2) is 15.7 Å². The maximum atomic E-state index is 12.4. The lowest BCUT2D eigenvalue weighted by Gasteiger charge is -2.04. The summed E-state index contributed by atoms with van der Waals surface area (Å²) in [5.41, 5.74) is 2.05. The summed E-state index contributed by atoms with van der Waals surface area (Å²) in [6.07, 6.45) is 3.39. The standard InChI is InChI=1S/C22H16N3O3/c26-22(17-7-3-8-18(13-17)25(27)28)14-24-12-11-21(23-15-24)20-10-4-6-16-5-1-2-9-19(16)20/h1-13,15H,14H2/q+1. The molecule has 0 unspecified atom stereocenters. The maximum absolute atomic E-state index is 12.4. The molecular weight excluding hydrogens is 354 g/mol. The Bertz CT molecular complexity index is 1180. The number of hydrogen-bond donors (Lipinski definition) is 0. The minimum atomic E-state index is -0.509. The second-order valence-electron chi connectivity index (χ2n) is 6.38. The van der Waals surface area contributed by atoms with Gasteiger partial charge in [-0.1, -0.05) is 48.5 Å². The van der Waals surface area contributed by atoms with Gasteiger partial charge < -0.3 is 0 Å². The third-order valence-corrected chi connectivity index (χ3v) is 4.54. The smallest absolute Gasteiger partial charge is 0.287 e. The fourth-order valence-electron chi connectivity index (χ4n) is 3.14. The number of hydrogen-bond acceptors (Lipinski definition) is 4. The molecule has 0 fully saturated rings. The first-order valence-electron chi connectivity index (χ1n) is 8.73. The highest BCUT2D eigenvalue weighted by atomic mass is 16.6. The van der Waals surface area contributed by atoms with Crippen molar-refractivity contribution in [2.45, 2.75) is 6.54 Å². The predicted molar refractivity (Wildman–Crippen MR) is 105 cm³/mol. The van der Waals surface area contributed by atoms with Gasteiger partial charge in [-0.05, 0) is 21.8 Å². The van der Waals surface area contributed by atoms with Crippen LogP contribution in [0.1, 0.15) is 10.4 Å². The molecule has 1 heterocycles. The van der Waals surface area contributed by atoms with Crippen molar-refractivity contribution in [2.24, 2.45) is 0 Å². The van der Waals surface area contributed by atoms with E-state index in [0.29, 0.717) is 5.56 Å². The Morgan fingerprint density at radius 1 is 1.00 bits per heavy atom. The zero-order chi connectivity index (χ0) is 19.5. The first kappa shape index (κ1) is 17.5. The van der Waals surface area contributed by atoms with Gasteiger partial charge in [0.25, 0.3) is 12.0 Å². The molecular formula is C22H16N3O3+. The molecule has 0 saturated heterocycles. The highest BCUT2D eigenvalue weighted by Gasteiger charge is 2.15. The molecule has 0 radical (unpaired) electrons. The van der Waals surface area contributed by atoms with Crippen LogP contribution in [0.2, 0.25) is 0 Å². The average Bonchev–Trinajstić information content (AvgIpc) is 2.74. The van der Waals surface area contributed by atoms with Gasteiger partial charge in [-0.3, -0.25) is 14.9 Å². The van der Waals surface area contributed by atoms with Gasteiger partial charge in [-0.2, -0.15) is 0 Å². The molecule has 0 aliphatic rings. The lowest BCUT2D eigenvalue weighted by molar-refractivity contribution is -0.686. The summed E-state index contributed by atoms with van der Waals surface area (Å²) >= 11 is 0. The minimum Gasteiger partial charge on any atom is -0.290 e. The van der Waals surface area contributed by atoms with Gasteiger partial charge >= 0.3 is 0 Å². The van der Waals surface area contributed by atoms with E-state index in [2.05, 4.69) is 23.2 Å². The van der Waals surface area contributed by atoms with E-state index in [1.54, 1.807) is 23.2 Å². The summed E-state index contributed by atoms with van der Waals surface area (Å²) in [4.78, 5) is 27.3. The Labute approximate surface area is 160 Å². The largest absolute Gasteiger partial charge is 0.290 e. The van der Waals surface area contributed by atoms with Crippen molar-refractivity contribution in [3.8, 4) is 11.3 Å². The van der Waals surface area contributed by atoms with E-state index in [0.717, 1.165) is 22.0 Å². The zero-order valence-electron chi connectivity index (χ0n) is 14.9. The molecule has 0 amide bonds. The summed E-state index contributed by atoms with van der Waals surface area (Å²) in [5, 5.41) is 13.1. The van der Waals surface area contributed by atoms with Crippen molar-refractivity contribution in [1.29, 1.82) is 0 Å². The zero-order valence-corrected chi connectivity index (χ0v) is 14.9. The van der Waals surface area contributed by atoms with Crippen LogP contribution in [0.3, 0.4) is 0 Å². The van der Waals surface area contributed by atoms with Gasteiger partial charge in [0.05, 0.1) is 11.1 Å². The molecule has 4 rings (SSSR count). The highest BCUT2D eigenvalue weighted by molar-refractivity contribution is 5.96. The van der Waals surface area contributed by atoms with Crippen LogP contribution < -0.4 is 4.57 Å². The van der Waals surface area contributed by atoms with Gasteiger partial charge in [-0.15, -0.1) is 0 Å². The second-order valence-corrected chi connectivity index (χ2v) is 6.38. The molecule has 6 nitrogen and oxygen atoms in total. The van der Waals surface area contributed by atoms with Crippen LogP contribution in [-0.2, 0) is 6.54 Å². The van der Waals surface area contributed by atoms with Gasteiger partial charge in [-0.25, -0.2) is 4.57 Å². The number of nitro benzene ring substituents is 1. The van der Waals surface area contributed by atoms with Crippen LogP contribution in [0, 0.1) is 10.1 Å². The Morgan fingerprint density at radius 2 is 1.79 bits per heavy atom. The molecule has 0 aliphatic heterocycles. The van der Waals surface area contributed by atoms with E-state index >= 15 is 0 Å². The van der Waals surface area contributed by atoms with Crippen LogP contribution in [0.4, 0.5) is 5.69 Å². The van der Waals surface area contributed by atoms with Crippen molar-refractivity contribution in [2.75, 3.05) is 0 Å². The lowest BCUT2D eigenvalue weighted by Crippen LogP contribution is -2.37. The van der Waals surface area contributed by atoms with Crippen molar-refractivity contribution in [3.63, 3.8) is 0 Å². The van der Waals surface area contributed by atoms with E-state index in [1.807, 2.05) is 30.3 Å². The van der Waals surface area contributed by atoms with Gasteiger partial charge in [0.15, 0.2) is 12.2 Å². The average molecular weight is 370 g/mol. The molecule has 0 N–H and O–H groups in total. The number of ketones is 1. The van der Waals surface area contributed by atoms with Crippen LogP contribution >= 0.6 is 0 Å². The number of non-ortho nitro benzene ring substituents is 1. The molecule has 0 aliphatic carbocycles. The number of fused-ring (bicyclic) bond motifs is 1. The Kier molecular flexibility index (Phi) is 4.60. The first-order valence-corrected chi connectivity index (χ1v) is 8.73. The molecule has 136 valence electrons. The number of carbonyl (C=O) groups is 1. The summed E-state index contributed by atoms with van der Waals surface area (Å²) in [5.74, 6) is -0.214. The molecule has 0 spiro atoms. The van der Waals surface area contributed by atoms with Gasteiger partial charge in [0.1, 0.15) is 0 Å². The number of carbonyl (C=O) groups excluding carboxylic acids is 1. The van der Waals surface area contributed by atoms with E-state index in [1.165, 1.54) is 18.2 Å². The molecule has 0 saturated carbocycles. The summed E-state index contributed by atoms with van der Waals surface area (Å²) in [6.45, 7) is 0.0595. The number of Topliss-reactive ketones (excluding diaryl/α,β-unsaturated/α-hetero) is 1. The molecule has 6 heteroatoms. The van der Waals surface area contributed by atoms with E-state index in [9.17, 15) is 14.9 Å². The SMILES string of the molecule is O=C(C[n+]1ccc(-c2cccc3ccccc23)nc1)c1cccc([N+](=O)[O-])c1. The third kappa shape index (κ3) is 3.48. The molecule has 0 atom stereocenters. The van der Waals surface area contributed by atoms with Gasteiger partial charge in [0, 0.05) is 29.3 Å². The number of aromatic nitrogens is 2. The summed E-state index contributed by atoms with van der Waals surface area (Å²) in [7, 11) is 0. The fourth-order valence-corrected chi connectivity index (χ4v) is 3.14. The summed E-state index contributed by atoms with van der Waals surface area (Å²) < 4.78 is 1.66. The van der Waals surface area contributed by atoms with E-state index in [4.69, 9.17) is 0 Å². The number of nitrogens with zero attached hydrogens (tertiary/aromatic N) is 3. The highest BCUT2D eigenvalue weighted by Crippen LogP contribution is 2.26. The topological polar surface area (TPSA) is 77.0 Å². The molecule has 28 heavy (non-hydrogen) atoms. The minimum absolute atomic E-state index is 0.0595. The van der Waals surface area contributed by atoms with Crippen LogP contribution in [0.15, 0.2) is 85.3 Å². The number of benzene rings is 3. The van der Waals surface area contributed by atoms with Crippen molar-refractivity contribution < 1.29 is 14.3 Å². The van der Waals surface area contributed by atoms with Crippen molar-refractivity contribution >= 4 is 22.2 Å². The normalized spacial score (nSPS) is 10.7. The molecule has 0 bridgehead atoms. The fraction of sp³-hybridized carbons (Fsp3) is 0.0455. The van der Waals surface area contributed by atoms with Gasteiger partial charge in [0.2, 0.25) is 5.78 Å². The van der Waals surface area contributed by atoms with Crippen molar-refractivity contribution in [1.82, 2.24) is 4.98 Å². The molecule has 4 aromatic rings. The first-order chi connectivity index (χ1) is 13.6. The van der Waals surface area contributed by atoms with E-state index < -0.39 is 4.92 Å². The van der Waals surface area contributed by atoms with Crippen LogP contribution in [0.25, 0.3) is 22.0 Å². The lowest BCUT2D eigenvalue weighted by atomic mass is 10.0. The number of rotatable bonds is 5. The summed E-state index contributed by atoms with van der Waals surface area (Å²) in [6, 6.07) is 21.8. The maximum Gasteiger partial charge on any atom is 0.287 e. The molecule has 1 aromatic heterocycles. The number of nitro groups is 1. The Morgan fingerprint density at radius 3 is 2.57 bits per heavy atom. The third-order valence-electron chi connectivity index (χ3n) is 4.54.